The van der Waals surface area contributed by atoms with E-state index in [9.17, 15) is 5.11 Å². The summed E-state index contributed by atoms with van der Waals surface area (Å²) in [5, 5.41) is 13.4. The van der Waals surface area contributed by atoms with Gasteiger partial charge in [-0.3, -0.25) is 0 Å². The van der Waals surface area contributed by atoms with Crippen LogP contribution in [0.4, 0.5) is 0 Å². The summed E-state index contributed by atoms with van der Waals surface area (Å²) in [6.45, 7) is 4.38. The first-order chi connectivity index (χ1) is 7.56. The molecular formula is C13H18BrNO. The first kappa shape index (κ1) is 11.9. The highest BCUT2D eigenvalue weighted by molar-refractivity contribution is 9.10. The van der Waals surface area contributed by atoms with Crippen LogP contribution in [0.25, 0.3) is 0 Å². The molecule has 2 N–H and O–H groups in total. The summed E-state index contributed by atoms with van der Waals surface area (Å²) in [5.41, 5.74) is 0.967. The predicted octanol–water partition coefficient (Wildman–Crippen LogP) is 3.60. The first-order valence-electron chi connectivity index (χ1n) is 5.80. The van der Waals surface area contributed by atoms with Crippen LogP contribution in [0, 0.1) is 5.92 Å². The number of benzene rings is 1. The van der Waals surface area contributed by atoms with E-state index < -0.39 is 0 Å². The van der Waals surface area contributed by atoms with Crippen molar-refractivity contribution in [3.8, 4) is 5.75 Å². The van der Waals surface area contributed by atoms with Crippen molar-refractivity contribution in [2.45, 2.75) is 38.8 Å². The molecule has 3 heteroatoms. The summed E-state index contributed by atoms with van der Waals surface area (Å²) in [6, 6.07) is 6.39. The Labute approximate surface area is 105 Å². The summed E-state index contributed by atoms with van der Waals surface area (Å²) in [7, 11) is 0. The van der Waals surface area contributed by atoms with Gasteiger partial charge in [0.25, 0.3) is 0 Å². The lowest BCUT2D eigenvalue weighted by molar-refractivity contribution is 0.225. The molecule has 1 fully saturated rings. The smallest absolute Gasteiger partial charge is 0.120 e. The highest BCUT2D eigenvalue weighted by atomic mass is 79.9. The lowest BCUT2D eigenvalue weighted by Crippen LogP contribution is -2.41. The van der Waals surface area contributed by atoms with Gasteiger partial charge >= 0.3 is 0 Å². The monoisotopic (exact) mass is 283 g/mol. The molecule has 0 bridgehead atoms. The van der Waals surface area contributed by atoms with Crippen LogP contribution in [-0.2, 0) is 0 Å². The fourth-order valence-electron chi connectivity index (χ4n) is 2.35. The molecule has 2 nitrogen and oxygen atoms in total. The SMILES string of the molecule is CC1CC(NC(C)c2cc(Br)ccc2O)C1. The Kier molecular flexibility index (Phi) is 3.55. The highest BCUT2D eigenvalue weighted by Gasteiger charge is 2.26. The number of rotatable bonds is 3. The highest BCUT2D eigenvalue weighted by Crippen LogP contribution is 2.32. The van der Waals surface area contributed by atoms with Crippen molar-refractivity contribution in [1.29, 1.82) is 0 Å². The number of halogens is 1. The number of aromatic hydroxyl groups is 1. The molecule has 0 amide bonds. The fraction of sp³-hybridized carbons (Fsp3) is 0.538. The molecule has 88 valence electrons. The molecule has 0 aromatic heterocycles. The minimum absolute atomic E-state index is 0.204. The van der Waals surface area contributed by atoms with E-state index in [-0.39, 0.29) is 6.04 Å². The van der Waals surface area contributed by atoms with Crippen molar-refractivity contribution in [1.82, 2.24) is 5.32 Å². The van der Waals surface area contributed by atoms with E-state index in [1.54, 1.807) is 6.07 Å². The maximum atomic E-state index is 9.80. The number of nitrogens with one attached hydrogen (secondary N) is 1. The Morgan fingerprint density at radius 1 is 1.44 bits per heavy atom. The lowest BCUT2D eigenvalue weighted by Gasteiger charge is -2.36. The van der Waals surface area contributed by atoms with E-state index in [4.69, 9.17) is 0 Å². The van der Waals surface area contributed by atoms with Gasteiger partial charge in [0.2, 0.25) is 0 Å². The van der Waals surface area contributed by atoms with Crippen LogP contribution >= 0.6 is 15.9 Å². The molecule has 1 atom stereocenters. The van der Waals surface area contributed by atoms with E-state index in [0.717, 1.165) is 16.0 Å². The van der Waals surface area contributed by atoms with E-state index in [2.05, 4.69) is 35.1 Å². The first-order valence-corrected chi connectivity index (χ1v) is 6.60. The quantitative estimate of drug-likeness (QED) is 0.888. The number of phenols is 1. The van der Waals surface area contributed by atoms with E-state index in [1.807, 2.05) is 12.1 Å². The zero-order valence-electron chi connectivity index (χ0n) is 9.70. The maximum Gasteiger partial charge on any atom is 0.120 e. The van der Waals surface area contributed by atoms with Crippen LogP contribution in [-0.4, -0.2) is 11.1 Å². The van der Waals surface area contributed by atoms with Crippen molar-refractivity contribution in [3.63, 3.8) is 0 Å². The Balaban J connectivity index is 2.02. The summed E-state index contributed by atoms with van der Waals surface area (Å²) < 4.78 is 1.01. The average Bonchev–Trinajstić information content (AvgIpc) is 2.19. The molecule has 0 radical (unpaired) electrons. The number of phenolic OH excluding ortho intramolecular Hbond substituents is 1. The van der Waals surface area contributed by atoms with Crippen LogP contribution in [0.3, 0.4) is 0 Å². The zero-order chi connectivity index (χ0) is 11.7. The summed E-state index contributed by atoms with van der Waals surface area (Å²) in [5.74, 6) is 1.22. The molecule has 0 saturated heterocycles. The number of hydrogen-bond acceptors (Lipinski definition) is 2. The molecule has 0 heterocycles. The van der Waals surface area contributed by atoms with Gasteiger partial charge in [-0.2, -0.15) is 0 Å². The van der Waals surface area contributed by atoms with Crippen LogP contribution in [0.15, 0.2) is 22.7 Å². The van der Waals surface area contributed by atoms with Crippen molar-refractivity contribution in [2.24, 2.45) is 5.92 Å². The van der Waals surface area contributed by atoms with Crippen LogP contribution in [0.5, 0.6) is 5.75 Å². The average molecular weight is 284 g/mol. The molecule has 1 aromatic carbocycles. The maximum absolute atomic E-state index is 9.80. The Bertz CT molecular complexity index is 374. The van der Waals surface area contributed by atoms with Gasteiger partial charge in [0.15, 0.2) is 0 Å². The molecule has 0 spiro atoms. The molecule has 1 aliphatic carbocycles. The Morgan fingerprint density at radius 3 is 2.75 bits per heavy atom. The van der Waals surface area contributed by atoms with Crippen LogP contribution < -0.4 is 5.32 Å². The van der Waals surface area contributed by atoms with E-state index >= 15 is 0 Å². The molecule has 16 heavy (non-hydrogen) atoms. The minimum Gasteiger partial charge on any atom is -0.508 e. The summed E-state index contributed by atoms with van der Waals surface area (Å²) in [6.07, 6.45) is 2.50. The molecule has 1 aromatic rings. The molecule has 1 aliphatic rings. The normalized spacial score (nSPS) is 26.2. The minimum atomic E-state index is 0.204. The second kappa shape index (κ2) is 4.76. The predicted molar refractivity (Wildman–Crippen MR) is 69.5 cm³/mol. The molecule has 1 unspecified atom stereocenters. The van der Waals surface area contributed by atoms with E-state index in [0.29, 0.717) is 11.8 Å². The topological polar surface area (TPSA) is 32.3 Å². The summed E-state index contributed by atoms with van der Waals surface area (Å²) >= 11 is 3.43. The van der Waals surface area contributed by atoms with Gasteiger partial charge in [0.1, 0.15) is 5.75 Å². The van der Waals surface area contributed by atoms with Crippen molar-refractivity contribution >= 4 is 15.9 Å². The lowest BCUT2D eigenvalue weighted by atomic mass is 9.81. The second-order valence-electron chi connectivity index (χ2n) is 4.86. The van der Waals surface area contributed by atoms with Gasteiger partial charge in [-0.25, -0.2) is 0 Å². The fourth-order valence-corrected chi connectivity index (χ4v) is 2.73. The third kappa shape index (κ3) is 2.58. The molecule has 0 aliphatic heterocycles. The third-order valence-electron chi connectivity index (χ3n) is 3.32. The van der Waals surface area contributed by atoms with Gasteiger partial charge in [0.05, 0.1) is 0 Å². The van der Waals surface area contributed by atoms with Gasteiger partial charge in [-0.1, -0.05) is 22.9 Å². The van der Waals surface area contributed by atoms with Gasteiger partial charge in [0, 0.05) is 22.1 Å². The van der Waals surface area contributed by atoms with Crippen LogP contribution in [0.1, 0.15) is 38.3 Å². The van der Waals surface area contributed by atoms with Gasteiger partial charge in [-0.15, -0.1) is 0 Å². The molecule has 1 saturated carbocycles. The second-order valence-corrected chi connectivity index (χ2v) is 5.78. The zero-order valence-corrected chi connectivity index (χ0v) is 11.3. The van der Waals surface area contributed by atoms with Crippen molar-refractivity contribution in [3.05, 3.63) is 28.2 Å². The third-order valence-corrected chi connectivity index (χ3v) is 3.81. The van der Waals surface area contributed by atoms with Crippen molar-refractivity contribution in [2.75, 3.05) is 0 Å². The molecular weight excluding hydrogens is 266 g/mol. The number of hydrogen-bond donors (Lipinski definition) is 2. The van der Waals surface area contributed by atoms with Gasteiger partial charge < -0.3 is 10.4 Å². The van der Waals surface area contributed by atoms with Crippen molar-refractivity contribution < 1.29 is 5.11 Å². The standard InChI is InChI=1S/C13H18BrNO/c1-8-5-11(6-8)15-9(2)12-7-10(14)3-4-13(12)16/h3-4,7-9,11,15-16H,5-6H2,1-2H3. The summed E-state index contributed by atoms with van der Waals surface area (Å²) in [4.78, 5) is 0. The Hall–Kier alpha value is -0.540. The largest absolute Gasteiger partial charge is 0.508 e. The Morgan fingerprint density at radius 2 is 2.12 bits per heavy atom. The van der Waals surface area contributed by atoms with Gasteiger partial charge in [-0.05, 0) is 43.9 Å². The molecule has 2 rings (SSSR count). The van der Waals surface area contributed by atoms with E-state index in [1.165, 1.54) is 12.8 Å². The van der Waals surface area contributed by atoms with Crippen LogP contribution in [0.2, 0.25) is 0 Å².